The van der Waals surface area contributed by atoms with Crippen molar-refractivity contribution in [1.82, 2.24) is 5.32 Å². The molecule has 1 heterocycles. The van der Waals surface area contributed by atoms with E-state index in [1.54, 1.807) is 48.5 Å². The van der Waals surface area contributed by atoms with E-state index >= 15 is 0 Å². The molecule has 2 amide bonds. The zero-order chi connectivity index (χ0) is 18.5. The van der Waals surface area contributed by atoms with Crippen molar-refractivity contribution in [3.63, 3.8) is 0 Å². The number of esters is 1. The molecular weight excluding hydrogens is 354 g/mol. The van der Waals surface area contributed by atoms with E-state index in [1.807, 2.05) is 13.0 Å². The first-order chi connectivity index (χ1) is 12.6. The van der Waals surface area contributed by atoms with Crippen molar-refractivity contribution in [2.45, 2.75) is 6.92 Å². The second-order valence-corrected chi connectivity index (χ2v) is 6.26. The van der Waals surface area contributed by atoms with E-state index in [0.29, 0.717) is 28.4 Å². The van der Waals surface area contributed by atoms with Gasteiger partial charge in [0, 0.05) is 0 Å². The highest BCUT2D eigenvalue weighted by Gasteiger charge is 2.25. The van der Waals surface area contributed by atoms with Crippen LogP contribution in [0.3, 0.4) is 0 Å². The van der Waals surface area contributed by atoms with Gasteiger partial charge >= 0.3 is 5.97 Å². The maximum absolute atomic E-state index is 12.2. The van der Waals surface area contributed by atoms with Crippen LogP contribution < -0.4 is 14.8 Å². The van der Waals surface area contributed by atoms with Crippen molar-refractivity contribution < 1.29 is 23.9 Å². The fourth-order valence-corrected chi connectivity index (χ4v) is 2.95. The lowest BCUT2D eigenvalue weighted by Crippen LogP contribution is -2.17. The Morgan fingerprint density at radius 1 is 1.12 bits per heavy atom. The average Bonchev–Trinajstić information content (AvgIpc) is 2.95. The van der Waals surface area contributed by atoms with Crippen LogP contribution in [-0.4, -0.2) is 23.7 Å². The van der Waals surface area contributed by atoms with Crippen LogP contribution in [0.25, 0.3) is 6.08 Å². The first-order valence-electron chi connectivity index (χ1n) is 7.85. The Labute approximate surface area is 154 Å². The van der Waals surface area contributed by atoms with Crippen molar-refractivity contribution >= 4 is 35.0 Å². The maximum Gasteiger partial charge on any atom is 0.343 e. The number of amides is 2. The Kier molecular flexibility index (Phi) is 5.38. The summed E-state index contributed by atoms with van der Waals surface area (Å²) in [6, 6.07) is 13.6. The number of hydrogen-bond acceptors (Lipinski definition) is 6. The molecule has 2 aromatic rings. The molecule has 0 bridgehead atoms. The highest BCUT2D eigenvalue weighted by Crippen LogP contribution is 2.32. The number of imide groups is 1. The van der Waals surface area contributed by atoms with E-state index in [1.165, 1.54) is 0 Å². The molecule has 0 radical (unpaired) electrons. The Morgan fingerprint density at radius 2 is 1.88 bits per heavy atom. The van der Waals surface area contributed by atoms with E-state index in [-0.39, 0.29) is 5.75 Å². The summed E-state index contributed by atoms with van der Waals surface area (Å²) in [6.07, 6.45) is 1.58. The van der Waals surface area contributed by atoms with Crippen LogP contribution in [0.1, 0.15) is 22.8 Å². The van der Waals surface area contributed by atoms with Gasteiger partial charge in [0.2, 0.25) is 0 Å². The molecule has 7 heteroatoms. The number of rotatable bonds is 5. The highest BCUT2D eigenvalue weighted by molar-refractivity contribution is 8.18. The molecule has 3 rings (SSSR count). The molecule has 2 aromatic carbocycles. The van der Waals surface area contributed by atoms with Crippen molar-refractivity contribution in [1.29, 1.82) is 0 Å². The smallest absolute Gasteiger partial charge is 0.343 e. The van der Waals surface area contributed by atoms with Gasteiger partial charge in [0.25, 0.3) is 11.1 Å². The molecule has 1 N–H and O–H groups in total. The molecule has 1 aliphatic heterocycles. The Hall–Kier alpha value is -3.06. The molecule has 0 aliphatic carbocycles. The molecule has 0 atom stereocenters. The Balaban J connectivity index is 1.85. The van der Waals surface area contributed by atoms with Crippen molar-refractivity contribution in [3.05, 3.63) is 64.6 Å². The summed E-state index contributed by atoms with van der Waals surface area (Å²) in [5.74, 6) is -0.269. The monoisotopic (exact) mass is 369 g/mol. The first-order valence-corrected chi connectivity index (χ1v) is 8.67. The normalized spacial score (nSPS) is 15.0. The van der Waals surface area contributed by atoms with Gasteiger partial charge < -0.3 is 9.47 Å². The molecule has 0 unspecified atom stereocenters. The number of thioether (sulfide) groups is 1. The molecule has 1 aliphatic rings. The van der Waals surface area contributed by atoms with Gasteiger partial charge in [-0.3, -0.25) is 14.9 Å². The van der Waals surface area contributed by atoms with Crippen molar-refractivity contribution in [2.75, 3.05) is 6.61 Å². The number of hydrogen-bond donors (Lipinski definition) is 1. The summed E-state index contributed by atoms with van der Waals surface area (Å²) < 4.78 is 11.0. The molecule has 1 saturated heterocycles. The molecule has 0 aromatic heterocycles. The molecule has 0 saturated carbocycles. The summed E-state index contributed by atoms with van der Waals surface area (Å²) in [4.78, 5) is 35.4. The number of carbonyl (C=O) groups excluding carboxylic acids is 3. The molecule has 6 nitrogen and oxygen atoms in total. The minimum absolute atomic E-state index is 0.280. The van der Waals surface area contributed by atoms with Crippen LogP contribution in [0, 0.1) is 0 Å². The summed E-state index contributed by atoms with van der Waals surface area (Å²) in [7, 11) is 0. The molecule has 26 heavy (non-hydrogen) atoms. The predicted octanol–water partition coefficient (Wildman–Crippen LogP) is 3.63. The third-order valence-corrected chi connectivity index (χ3v) is 4.23. The minimum Gasteiger partial charge on any atom is -0.490 e. The zero-order valence-electron chi connectivity index (χ0n) is 13.9. The van der Waals surface area contributed by atoms with Gasteiger partial charge in [-0.05, 0) is 54.6 Å². The minimum atomic E-state index is -0.492. The van der Waals surface area contributed by atoms with Crippen LogP contribution in [0.15, 0.2) is 53.4 Å². The molecule has 132 valence electrons. The predicted molar refractivity (Wildman–Crippen MR) is 98.1 cm³/mol. The van der Waals surface area contributed by atoms with E-state index < -0.39 is 17.1 Å². The van der Waals surface area contributed by atoms with E-state index in [4.69, 9.17) is 9.47 Å². The number of ether oxygens (including phenoxy) is 2. The molecular formula is C19H15NO5S. The van der Waals surface area contributed by atoms with Gasteiger partial charge in [-0.25, -0.2) is 4.79 Å². The zero-order valence-corrected chi connectivity index (χ0v) is 14.7. The standard InChI is InChI=1S/C19H15NO5S/c1-2-24-15-10-12(11-16-17(21)20-19(23)26-16)8-9-14(15)25-18(22)13-6-4-3-5-7-13/h3-11H,2H2,1H3,(H,20,21,23)/b16-11+. The van der Waals surface area contributed by atoms with Crippen molar-refractivity contribution in [2.24, 2.45) is 0 Å². The van der Waals surface area contributed by atoms with E-state index in [9.17, 15) is 14.4 Å². The lowest BCUT2D eigenvalue weighted by Gasteiger charge is -2.11. The maximum atomic E-state index is 12.2. The van der Waals surface area contributed by atoms with E-state index in [0.717, 1.165) is 11.8 Å². The fourth-order valence-electron chi connectivity index (χ4n) is 2.27. The fraction of sp³-hybridized carbons (Fsp3) is 0.105. The number of carbonyl (C=O) groups is 3. The number of nitrogens with one attached hydrogen (secondary N) is 1. The SMILES string of the molecule is CCOc1cc(/C=C2/SC(=O)NC2=O)ccc1OC(=O)c1ccccc1. The van der Waals surface area contributed by atoms with E-state index in [2.05, 4.69) is 5.32 Å². The lowest BCUT2D eigenvalue weighted by molar-refractivity contribution is -0.115. The molecule has 0 spiro atoms. The third-order valence-electron chi connectivity index (χ3n) is 3.42. The van der Waals surface area contributed by atoms with Gasteiger partial charge in [0.05, 0.1) is 17.1 Å². The summed E-state index contributed by atoms with van der Waals surface area (Å²) in [6.45, 7) is 2.19. The summed E-state index contributed by atoms with van der Waals surface area (Å²) in [5, 5.41) is 1.80. The van der Waals surface area contributed by atoms with Gasteiger partial charge in [-0.2, -0.15) is 0 Å². The van der Waals surface area contributed by atoms with Crippen LogP contribution in [0.4, 0.5) is 4.79 Å². The van der Waals surface area contributed by atoms with Crippen molar-refractivity contribution in [3.8, 4) is 11.5 Å². The van der Waals surface area contributed by atoms with Crippen LogP contribution in [0.2, 0.25) is 0 Å². The van der Waals surface area contributed by atoms with Crippen LogP contribution >= 0.6 is 11.8 Å². The Morgan fingerprint density at radius 3 is 2.54 bits per heavy atom. The van der Waals surface area contributed by atoms with Gasteiger partial charge in [0.1, 0.15) is 0 Å². The second kappa shape index (κ2) is 7.88. The molecule has 1 fully saturated rings. The second-order valence-electron chi connectivity index (χ2n) is 5.25. The highest BCUT2D eigenvalue weighted by atomic mass is 32.2. The first kappa shape index (κ1) is 17.8. The number of benzene rings is 2. The quantitative estimate of drug-likeness (QED) is 0.492. The summed E-state index contributed by atoms with van der Waals surface area (Å²) in [5.41, 5.74) is 1.08. The lowest BCUT2D eigenvalue weighted by atomic mass is 10.1. The van der Waals surface area contributed by atoms with Gasteiger partial charge in [0.15, 0.2) is 11.5 Å². The summed E-state index contributed by atoms with van der Waals surface area (Å²) >= 11 is 0.835. The van der Waals surface area contributed by atoms with Gasteiger partial charge in [-0.15, -0.1) is 0 Å². The average molecular weight is 369 g/mol. The largest absolute Gasteiger partial charge is 0.490 e. The van der Waals surface area contributed by atoms with Crippen LogP contribution in [0.5, 0.6) is 11.5 Å². The third kappa shape index (κ3) is 4.12. The van der Waals surface area contributed by atoms with Crippen LogP contribution in [-0.2, 0) is 4.79 Å². The van der Waals surface area contributed by atoms with Gasteiger partial charge in [-0.1, -0.05) is 24.3 Å². The Bertz CT molecular complexity index is 892. The topological polar surface area (TPSA) is 81.7 Å².